The number of nitrogens with zero attached hydrogens (tertiary/aromatic N) is 8. The number of hydrogen-bond donors (Lipinski definition) is 3. The van der Waals surface area contributed by atoms with Crippen molar-refractivity contribution in [3.63, 3.8) is 0 Å². The minimum atomic E-state index is 0.0179. The van der Waals surface area contributed by atoms with Crippen molar-refractivity contribution in [1.29, 1.82) is 5.26 Å². The number of aromatic nitrogens is 5. The molecule has 0 unspecified atom stereocenters. The van der Waals surface area contributed by atoms with Crippen LogP contribution in [0.1, 0.15) is 89.3 Å². The third-order valence-corrected chi connectivity index (χ3v) is 12.5. The lowest BCUT2D eigenvalue weighted by Crippen LogP contribution is -2.39. The number of methoxy groups -OCH3 is 2. The molecule has 13 nitrogen and oxygen atoms in total. The number of fused-ring (bicyclic) bond motifs is 3. The molecule has 6 heterocycles. The van der Waals surface area contributed by atoms with E-state index in [1.165, 1.54) is 0 Å². The van der Waals surface area contributed by atoms with Crippen LogP contribution in [0, 0.1) is 60.7 Å². The number of nitrogen functional groups attached to an aromatic ring is 1. The average Bonchev–Trinajstić information content (AvgIpc) is 4.01. The molecule has 0 aliphatic carbocycles. The minimum Gasteiger partial charge on any atom is -0.493 e. The van der Waals surface area contributed by atoms with Gasteiger partial charge >= 0.3 is 0 Å². The molecule has 2 aliphatic rings. The molecule has 0 bridgehead atoms. The number of rotatable bonds is 4. The summed E-state index contributed by atoms with van der Waals surface area (Å²) < 4.78 is 10.7. The summed E-state index contributed by atoms with van der Waals surface area (Å²) in [7, 11) is 3.17. The largest absolute Gasteiger partial charge is 0.493 e. The predicted octanol–water partition coefficient (Wildman–Crippen LogP) is 10.0. The van der Waals surface area contributed by atoms with Crippen molar-refractivity contribution in [2.45, 2.75) is 52.6 Å². The summed E-state index contributed by atoms with van der Waals surface area (Å²) in [4.78, 5) is 31.1. The van der Waals surface area contributed by atoms with Gasteiger partial charge in [-0.3, -0.25) is 20.0 Å². The standard InChI is InChI=1S/C22H19N3.C21H19N5.C21H17N3O2/c1-22(2)15-24-21(25-22)18-11-8-16(9-12-18)7-10-17-13-14-23-20-6-4-3-5-19(17)20;1-21(2)13-25-20(26-21)15-8-5-14(6-9-15)7-10-16-12-24-19(22)17-4-3-11-23-18(16)17;1-13-5-6-15(12-22)9-16(13)7-8-18-17-10-20(25-3)21(26-4)11-19(17)24-14(2)23-18/h3-6,8-9,11-14H,15H2,1-2H3,(H,24,25);3-6,8-9,11-12H,13H2,1-2H3,(H2,22,24)(H,25,26);5-6,9-11H,1-4H3. The van der Waals surface area contributed by atoms with E-state index in [-0.39, 0.29) is 11.1 Å². The Balaban J connectivity index is 0.000000141. The highest BCUT2D eigenvalue weighted by Gasteiger charge is 2.26. The number of nitriles is 1. The molecule has 0 saturated carbocycles. The van der Waals surface area contributed by atoms with E-state index in [2.05, 4.69) is 133 Å². The van der Waals surface area contributed by atoms with Gasteiger partial charge in [-0.15, -0.1) is 0 Å². The van der Waals surface area contributed by atoms with E-state index in [0.29, 0.717) is 34.4 Å². The zero-order valence-electron chi connectivity index (χ0n) is 44.2. The molecule has 4 aromatic heterocycles. The Hall–Kier alpha value is -10.1. The van der Waals surface area contributed by atoms with Crippen LogP contribution in [0.25, 0.3) is 32.7 Å². The van der Waals surface area contributed by atoms with Crippen molar-refractivity contribution in [3.05, 3.63) is 202 Å². The van der Waals surface area contributed by atoms with E-state index in [4.69, 9.17) is 20.5 Å². The van der Waals surface area contributed by atoms with E-state index >= 15 is 0 Å². The van der Waals surface area contributed by atoms with Gasteiger partial charge in [-0.1, -0.05) is 78.1 Å². The highest BCUT2D eigenvalue weighted by Crippen LogP contribution is 2.32. The summed E-state index contributed by atoms with van der Waals surface area (Å²) in [6.45, 7) is 14.0. The van der Waals surface area contributed by atoms with Gasteiger partial charge in [0.25, 0.3) is 0 Å². The number of aliphatic imine (C=N–C) groups is 2. The fourth-order valence-electron chi connectivity index (χ4n) is 8.39. The first-order valence-corrected chi connectivity index (χ1v) is 24.8. The van der Waals surface area contributed by atoms with Crippen molar-refractivity contribution in [2.24, 2.45) is 9.98 Å². The van der Waals surface area contributed by atoms with Gasteiger partial charge in [-0.2, -0.15) is 5.26 Å². The Morgan fingerprint density at radius 1 is 0.545 bits per heavy atom. The van der Waals surface area contributed by atoms with Crippen molar-refractivity contribution in [2.75, 3.05) is 33.0 Å². The molecule has 0 amide bonds. The molecule has 77 heavy (non-hydrogen) atoms. The highest BCUT2D eigenvalue weighted by atomic mass is 16.5. The Morgan fingerprint density at radius 2 is 1.14 bits per heavy atom. The number of ether oxygens (including phenoxy) is 2. The van der Waals surface area contributed by atoms with E-state index in [0.717, 1.165) is 102 Å². The van der Waals surface area contributed by atoms with Gasteiger partial charge in [0.05, 0.1) is 72.1 Å². The molecule has 13 heteroatoms. The second-order valence-electron chi connectivity index (χ2n) is 19.6. The number of para-hydroxylation sites is 1. The number of hydrogen-bond acceptors (Lipinski definition) is 13. The van der Waals surface area contributed by atoms with Gasteiger partial charge in [0.15, 0.2) is 11.5 Å². The maximum Gasteiger partial charge on any atom is 0.162 e. The summed E-state index contributed by atoms with van der Waals surface area (Å²) in [6.07, 6.45) is 5.21. The first-order valence-electron chi connectivity index (χ1n) is 24.8. The third kappa shape index (κ3) is 12.5. The number of nitrogens with one attached hydrogen (secondary N) is 2. The van der Waals surface area contributed by atoms with Gasteiger partial charge < -0.3 is 25.8 Å². The van der Waals surface area contributed by atoms with Gasteiger partial charge in [-0.25, -0.2) is 15.0 Å². The molecule has 2 aliphatic heterocycles. The maximum absolute atomic E-state index is 9.08. The number of benzene rings is 5. The van der Waals surface area contributed by atoms with Gasteiger partial charge in [0.1, 0.15) is 29.0 Å². The molecule has 4 N–H and O–H groups in total. The lowest BCUT2D eigenvalue weighted by molar-refractivity contribution is 0.355. The molecule has 0 fully saturated rings. The maximum atomic E-state index is 9.08. The Kier molecular flexibility index (Phi) is 15.2. The number of pyridine rings is 3. The van der Waals surface area contributed by atoms with Crippen LogP contribution in [0.3, 0.4) is 0 Å². The van der Waals surface area contributed by atoms with E-state index < -0.39 is 0 Å². The fraction of sp³-hybridized carbons (Fsp3) is 0.188. The smallest absolute Gasteiger partial charge is 0.162 e. The van der Waals surface area contributed by atoms with Crippen molar-refractivity contribution < 1.29 is 9.47 Å². The minimum absolute atomic E-state index is 0.0179. The lowest BCUT2D eigenvalue weighted by atomic mass is 10.1. The van der Waals surface area contributed by atoms with Gasteiger partial charge in [0.2, 0.25) is 0 Å². The fourth-order valence-corrected chi connectivity index (χ4v) is 8.39. The van der Waals surface area contributed by atoms with Crippen LogP contribution in [-0.4, -0.2) is 75.0 Å². The van der Waals surface area contributed by atoms with Crippen LogP contribution in [0.15, 0.2) is 150 Å². The summed E-state index contributed by atoms with van der Waals surface area (Å²) in [5.74, 6) is 23.3. The molecule has 0 saturated heterocycles. The number of nitrogens with two attached hydrogens (primary N) is 1. The predicted molar refractivity (Wildman–Crippen MR) is 307 cm³/mol. The molecule has 11 rings (SSSR count). The van der Waals surface area contributed by atoms with Crippen LogP contribution in [0.4, 0.5) is 5.82 Å². The second kappa shape index (κ2) is 22.6. The summed E-state index contributed by atoms with van der Waals surface area (Å²) in [6, 6.07) is 41.3. The Bertz CT molecular complexity index is 4020. The number of aryl methyl sites for hydroxylation is 2. The Labute approximate surface area is 448 Å². The summed E-state index contributed by atoms with van der Waals surface area (Å²) in [5.41, 5.74) is 17.3. The van der Waals surface area contributed by atoms with Crippen molar-refractivity contribution >= 4 is 50.2 Å². The monoisotopic (exact) mass is 1010 g/mol. The van der Waals surface area contributed by atoms with Crippen LogP contribution < -0.4 is 25.8 Å². The zero-order chi connectivity index (χ0) is 54.1. The average molecular weight is 1010 g/mol. The topological polar surface area (TPSA) is 182 Å². The van der Waals surface area contributed by atoms with Crippen LogP contribution in [0.2, 0.25) is 0 Å². The van der Waals surface area contributed by atoms with Crippen LogP contribution in [0.5, 0.6) is 11.5 Å². The van der Waals surface area contributed by atoms with Crippen molar-refractivity contribution in [1.82, 2.24) is 35.6 Å². The number of anilines is 1. The molecular formula is C64H55N11O2. The molecule has 378 valence electrons. The van der Waals surface area contributed by atoms with Crippen LogP contribution >= 0.6 is 0 Å². The van der Waals surface area contributed by atoms with E-state index in [9.17, 15) is 0 Å². The normalized spacial score (nSPS) is 13.4. The molecule has 0 radical (unpaired) electrons. The molecular weight excluding hydrogens is 955 g/mol. The van der Waals surface area contributed by atoms with E-state index in [1.807, 2.05) is 105 Å². The van der Waals surface area contributed by atoms with Crippen LogP contribution in [-0.2, 0) is 0 Å². The third-order valence-electron chi connectivity index (χ3n) is 12.5. The van der Waals surface area contributed by atoms with E-state index in [1.54, 1.807) is 44.9 Å². The zero-order valence-corrected chi connectivity index (χ0v) is 44.2. The van der Waals surface area contributed by atoms with Crippen molar-refractivity contribution in [3.8, 4) is 53.1 Å². The highest BCUT2D eigenvalue weighted by molar-refractivity contribution is 6.01. The molecule has 0 atom stereocenters. The molecule has 0 spiro atoms. The molecule has 9 aromatic rings. The first kappa shape index (κ1) is 51.8. The second-order valence-corrected chi connectivity index (χ2v) is 19.6. The lowest BCUT2D eigenvalue weighted by Gasteiger charge is -2.18. The first-order chi connectivity index (χ1) is 37.2. The summed E-state index contributed by atoms with van der Waals surface area (Å²) >= 11 is 0. The SMILES string of the molecule is CC1(C)CN=C(c2ccc(C#Cc3ccnc4ccccc34)cc2)N1.CC1(C)CN=C(c2ccc(C#Cc3cnc(N)c4cccnc34)cc2)N1.COc1cc2nc(C)nc(C#Cc3cc(C#N)ccc3C)c2cc1OC. The van der Waals surface area contributed by atoms with Gasteiger partial charge in [-0.05, 0) is 120 Å². The van der Waals surface area contributed by atoms with Gasteiger partial charge in [0, 0.05) is 74.2 Å². The summed E-state index contributed by atoms with van der Waals surface area (Å²) in [5, 5.41) is 18.7. The number of amidine groups is 2. The Morgan fingerprint density at radius 3 is 1.77 bits per heavy atom. The molecule has 5 aromatic carbocycles. The quantitative estimate of drug-likeness (QED) is 0.143.